The molecule has 19 heavy (non-hydrogen) atoms. The Morgan fingerprint density at radius 1 is 0.789 bits per heavy atom. The third kappa shape index (κ3) is 5.64. The summed E-state index contributed by atoms with van der Waals surface area (Å²) >= 11 is 0. The van der Waals surface area contributed by atoms with Crippen molar-refractivity contribution in [2.75, 3.05) is 13.2 Å². The monoisotopic (exact) mass is 302 g/mol. The van der Waals surface area contributed by atoms with Crippen molar-refractivity contribution < 1.29 is 45.7 Å². The zero-order chi connectivity index (χ0) is 15.5. The molecule has 0 saturated heterocycles. The predicted octanol–water partition coefficient (Wildman–Crippen LogP) is 1.31. The average Bonchev–Trinajstić information content (AvgIpc) is 2.24. The lowest BCUT2D eigenvalue weighted by atomic mass is 10.6. The predicted molar refractivity (Wildman–Crippen MR) is 40.7 cm³/mol. The van der Waals surface area contributed by atoms with Crippen LogP contribution in [0.5, 0.6) is 0 Å². The van der Waals surface area contributed by atoms with Gasteiger partial charge in [-0.05, 0) is 0 Å². The van der Waals surface area contributed by atoms with Crippen LogP contribution in [-0.4, -0.2) is 41.4 Å². The molecule has 0 rings (SSSR count). The van der Waals surface area contributed by atoms with E-state index in [4.69, 9.17) is 0 Å². The molecule has 0 N–H and O–H groups in total. The van der Waals surface area contributed by atoms with Crippen LogP contribution in [0.15, 0.2) is 0 Å². The molecule has 0 heterocycles. The molecule has 0 aliphatic heterocycles. The number of ether oxygens (including phenoxy) is 2. The zero-order valence-electron chi connectivity index (χ0n) is 8.53. The summed E-state index contributed by atoms with van der Waals surface area (Å²) < 4.78 is 79.6. The summed E-state index contributed by atoms with van der Waals surface area (Å²) in [5, 5.41) is 19.2. The molecular weight excluding hydrogens is 298 g/mol. The van der Waals surface area contributed by atoms with Crippen LogP contribution < -0.4 is 0 Å². The summed E-state index contributed by atoms with van der Waals surface area (Å²) in [6, 6.07) is -9.81. The van der Waals surface area contributed by atoms with Gasteiger partial charge in [-0.25, -0.2) is 0 Å². The molecule has 0 unspecified atom stereocenters. The topological polar surface area (TPSA) is 105 Å². The highest BCUT2D eigenvalue weighted by Crippen LogP contribution is 2.25. The largest absolute Gasteiger partial charge is 0.534 e. The minimum absolute atomic E-state index is 2.26. The molecule has 0 radical (unpaired) electrons. The van der Waals surface area contributed by atoms with Crippen molar-refractivity contribution in [1.82, 2.24) is 0 Å². The minimum Gasteiger partial charge on any atom is -0.281 e. The van der Waals surface area contributed by atoms with E-state index in [-0.39, 0.29) is 0 Å². The van der Waals surface area contributed by atoms with Crippen LogP contribution in [0.1, 0.15) is 0 Å². The van der Waals surface area contributed by atoms with Gasteiger partial charge in [-0.3, -0.25) is 29.7 Å². The Hall–Kier alpha value is -1.70. The second-order valence-corrected chi connectivity index (χ2v) is 2.89. The van der Waals surface area contributed by atoms with Crippen molar-refractivity contribution in [1.29, 1.82) is 0 Å². The fourth-order valence-electron chi connectivity index (χ4n) is 0.489. The van der Waals surface area contributed by atoms with Crippen LogP contribution in [0.4, 0.5) is 26.3 Å². The molecule has 0 fully saturated rings. The van der Waals surface area contributed by atoms with Gasteiger partial charge in [0.1, 0.15) is 0 Å². The normalized spacial score (nSPS) is 13.4. The summed E-state index contributed by atoms with van der Waals surface area (Å²) in [7, 11) is 0. The van der Waals surface area contributed by atoms with Crippen molar-refractivity contribution in [3.63, 3.8) is 0 Å². The molecule has 14 heteroatoms. The molecule has 0 aromatic heterocycles. The Kier molecular flexibility index (Phi) is 5.02. The van der Waals surface area contributed by atoms with Crippen LogP contribution >= 0.6 is 0 Å². The Labute approximate surface area is 98.7 Å². The third-order valence-electron chi connectivity index (χ3n) is 1.36. The number of nitro groups is 2. The van der Waals surface area contributed by atoms with Crippen molar-refractivity contribution in [2.45, 2.75) is 18.4 Å². The maximum atomic E-state index is 12.5. The quantitative estimate of drug-likeness (QED) is 0.220. The van der Waals surface area contributed by atoms with Crippen molar-refractivity contribution in [3.05, 3.63) is 20.2 Å². The Morgan fingerprint density at radius 2 is 1.05 bits per heavy atom. The standard InChI is InChI=1S/C5H4F6N2O6/c6-3(7,12(14)15)1-18-5(10,11)19-2-4(8,9)13(16)17/h1-2H2. The minimum atomic E-state index is -5.08. The third-order valence-corrected chi connectivity index (χ3v) is 1.36. The Bertz CT molecular complexity index is 330. The van der Waals surface area contributed by atoms with Crippen molar-refractivity contribution >= 4 is 0 Å². The molecule has 0 aliphatic rings. The van der Waals surface area contributed by atoms with Crippen molar-refractivity contribution in [2.24, 2.45) is 0 Å². The van der Waals surface area contributed by atoms with Gasteiger partial charge < -0.3 is 0 Å². The maximum absolute atomic E-state index is 12.5. The molecule has 0 atom stereocenters. The SMILES string of the molecule is O=[N+]([O-])C(F)(F)COC(F)(F)OCC(F)(F)[N+](=O)[O-]. The first-order valence-corrected chi connectivity index (χ1v) is 4.00. The fourth-order valence-corrected chi connectivity index (χ4v) is 0.489. The van der Waals surface area contributed by atoms with Gasteiger partial charge in [-0.1, -0.05) is 0 Å². The maximum Gasteiger partial charge on any atom is 0.534 e. The van der Waals surface area contributed by atoms with Crippen LogP contribution in [-0.2, 0) is 9.47 Å². The van der Waals surface area contributed by atoms with E-state index < -0.39 is 41.4 Å². The van der Waals surface area contributed by atoms with Gasteiger partial charge in [0.2, 0.25) is 0 Å². The van der Waals surface area contributed by atoms with E-state index >= 15 is 0 Å². The van der Waals surface area contributed by atoms with E-state index in [1.54, 1.807) is 0 Å². The molecule has 8 nitrogen and oxygen atoms in total. The van der Waals surface area contributed by atoms with Gasteiger partial charge in [0, 0.05) is 0 Å². The Balaban J connectivity index is 4.42. The second-order valence-electron chi connectivity index (χ2n) is 2.89. The van der Waals surface area contributed by atoms with Gasteiger partial charge in [0.05, 0.1) is 9.85 Å². The summed E-state index contributed by atoms with van der Waals surface area (Å²) in [5.41, 5.74) is 0. The van der Waals surface area contributed by atoms with Crippen LogP contribution in [0.25, 0.3) is 0 Å². The van der Waals surface area contributed by atoms with Gasteiger partial charge >= 0.3 is 18.4 Å². The number of nitrogens with zero attached hydrogens (tertiary/aromatic N) is 2. The van der Waals surface area contributed by atoms with Crippen LogP contribution in [0.2, 0.25) is 0 Å². The number of halogens is 6. The first kappa shape index (κ1) is 17.3. The highest BCUT2D eigenvalue weighted by atomic mass is 19.3. The number of hydrogen-bond acceptors (Lipinski definition) is 6. The van der Waals surface area contributed by atoms with E-state index in [1.165, 1.54) is 0 Å². The molecule has 0 saturated carbocycles. The smallest absolute Gasteiger partial charge is 0.281 e. The van der Waals surface area contributed by atoms with E-state index in [0.29, 0.717) is 0 Å². The molecular formula is C5H4F6N2O6. The van der Waals surface area contributed by atoms with Gasteiger partial charge in [0.25, 0.3) is 0 Å². The second kappa shape index (κ2) is 5.52. The molecule has 0 aliphatic carbocycles. The molecule has 0 aromatic rings. The number of rotatable bonds is 8. The lowest BCUT2D eigenvalue weighted by Gasteiger charge is -2.17. The molecule has 0 spiro atoms. The van der Waals surface area contributed by atoms with Gasteiger partial charge in [-0.15, -0.1) is 26.3 Å². The van der Waals surface area contributed by atoms with E-state index in [2.05, 4.69) is 9.47 Å². The number of hydrogen-bond donors (Lipinski definition) is 0. The van der Waals surface area contributed by atoms with Gasteiger partial charge in [-0.2, -0.15) is 0 Å². The summed E-state index contributed by atoms with van der Waals surface area (Å²) in [5.74, 6) is 0. The lowest BCUT2D eigenvalue weighted by molar-refractivity contribution is -0.660. The Morgan fingerprint density at radius 3 is 1.26 bits per heavy atom. The summed E-state index contributed by atoms with van der Waals surface area (Å²) in [6.45, 7) is -4.95. The van der Waals surface area contributed by atoms with Gasteiger partial charge in [0.15, 0.2) is 13.2 Å². The molecule has 112 valence electrons. The first-order valence-electron chi connectivity index (χ1n) is 4.00. The zero-order valence-corrected chi connectivity index (χ0v) is 8.53. The average molecular weight is 302 g/mol. The lowest BCUT2D eigenvalue weighted by Crippen LogP contribution is -2.41. The van der Waals surface area contributed by atoms with Crippen LogP contribution in [0.3, 0.4) is 0 Å². The highest BCUT2D eigenvalue weighted by Gasteiger charge is 2.52. The molecule has 0 bridgehead atoms. The summed E-state index contributed by atoms with van der Waals surface area (Å²) in [6.07, 6.45) is -5.08. The van der Waals surface area contributed by atoms with Crippen molar-refractivity contribution in [3.8, 4) is 0 Å². The molecule has 0 aromatic carbocycles. The highest BCUT2D eigenvalue weighted by molar-refractivity contribution is 4.52. The van der Waals surface area contributed by atoms with E-state index in [0.717, 1.165) is 0 Å². The van der Waals surface area contributed by atoms with E-state index in [1.807, 2.05) is 0 Å². The summed E-state index contributed by atoms with van der Waals surface area (Å²) in [4.78, 5) is 14.7. The first-order chi connectivity index (χ1) is 8.30. The van der Waals surface area contributed by atoms with E-state index in [9.17, 15) is 46.6 Å². The molecule has 0 amide bonds. The number of alkyl halides is 6. The fraction of sp³-hybridized carbons (Fsp3) is 1.00. The van der Waals surface area contributed by atoms with Crippen LogP contribution in [0, 0.1) is 20.2 Å².